The Labute approximate surface area is 176 Å². The first-order chi connectivity index (χ1) is 14.4. The number of amides is 1. The van der Waals surface area contributed by atoms with E-state index in [2.05, 4.69) is 15.4 Å². The van der Waals surface area contributed by atoms with Gasteiger partial charge in [0, 0.05) is 5.56 Å². The average molecular weight is 425 g/mol. The molecular weight excluding hydrogens is 410 g/mol. The van der Waals surface area contributed by atoms with Crippen molar-refractivity contribution in [1.29, 1.82) is 0 Å². The van der Waals surface area contributed by atoms with Gasteiger partial charge in [-0.3, -0.25) is 4.79 Å². The molecule has 1 amide bonds. The van der Waals surface area contributed by atoms with Crippen LogP contribution >= 0.6 is 11.6 Å². The number of aromatic nitrogens is 3. The number of carbonyl (C=O) groups excluding carboxylic acids is 1. The van der Waals surface area contributed by atoms with Crippen molar-refractivity contribution >= 4 is 23.2 Å². The molecule has 4 rings (SSSR count). The number of para-hydroxylation sites is 1. The Balaban J connectivity index is 1.77. The van der Waals surface area contributed by atoms with E-state index in [-0.39, 0.29) is 5.82 Å². The highest BCUT2D eigenvalue weighted by atomic mass is 35.5. The summed E-state index contributed by atoms with van der Waals surface area (Å²) in [7, 11) is 0. The number of benzene rings is 3. The Kier molecular flexibility index (Phi) is 5.29. The minimum atomic E-state index is -0.560. The minimum Gasteiger partial charge on any atom is -0.318 e. The van der Waals surface area contributed by atoms with Crippen LogP contribution in [0.2, 0.25) is 5.02 Å². The van der Waals surface area contributed by atoms with Crippen LogP contribution in [-0.4, -0.2) is 20.7 Å². The summed E-state index contributed by atoms with van der Waals surface area (Å²) in [6, 6.07) is 16.5. The van der Waals surface area contributed by atoms with Gasteiger partial charge in [-0.1, -0.05) is 23.7 Å². The van der Waals surface area contributed by atoms with Gasteiger partial charge in [0.25, 0.3) is 5.91 Å². The van der Waals surface area contributed by atoms with Crippen LogP contribution in [0.25, 0.3) is 17.1 Å². The quantitative estimate of drug-likeness (QED) is 0.475. The number of anilines is 1. The maximum Gasteiger partial charge on any atom is 0.295 e. The molecule has 0 atom stereocenters. The lowest BCUT2D eigenvalue weighted by molar-refractivity contribution is 0.101. The van der Waals surface area contributed by atoms with Crippen LogP contribution in [0.4, 0.5) is 14.5 Å². The summed E-state index contributed by atoms with van der Waals surface area (Å²) in [5.41, 5.74) is 2.29. The number of carbonyl (C=O) groups is 1. The van der Waals surface area contributed by atoms with Gasteiger partial charge in [-0.15, -0.1) is 5.10 Å². The van der Waals surface area contributed by atoms with Crippen molar-refractivity contribution in [3.05, 3.63) is 94.8 Å². The van der Waals surface area contributed by atoms with Gasteiger partial charge in [0.15, 0.2) is 5.82 Å². The Bertz CT molecular complexity index is 1140. The summed E-state index contributed by atoms with van der Waals surface area (Å²) in [6.45, 7) is 1.82. The Morgan fingerprint density at radius 1 is 0.967 bits per heavy atom. The molecule has 1 aromatic heterocycles. The number of halogens is 3. The highest BCUT2D eigenvalue weighted by Gasteiger charge is 2.20. The van der Waals surface area contributed by atoms with E-state index in [1.54, 1.807) is 12.1 Å². The summed E-state index contributed by atoms with van der Waals surface area (Å²) >= 11 is 6.19. The fourth-order valence-corrected chi connectivity index (χ4v) is 3.19. The predicted molar refractivity (Wildman–Crippen MR) is 111 cm³/mol. The van der Waals surface area contributed by atoms with Crippen molar-refractivity contribution in [2.24, 2.45) is 0 Å². The molecule has 5 nitrogen and oxygen atoms in total. The van der Waals surface area contributed by atoms with Crippen molar-refractivity contribution in [1.82, 2.24) is 14.8 Å². The van der Waals surface area contributed by atoms with Crippen LogP contribution in [0.1, 0.15) is 16.2 Å². The molecule has 1 heterocycles. The van der Waals surface area contributed by atoms with E-state index in [1.807, 2.05) is 13.0 Å². The van der Waals surface area contributed by atoms with Crippen molar-refractivity contribution in [3.63, 3.8) is 0 Å². The number of nitrogens with one attached hydrogen (secondary N) is 1. The number of hydrogen-bond acceptors (Lipinski definition) is 3. The zero-order valence-electron chi connectivity index (χ0n) is 15.7. The molecule has 4 aromatic rings. The fraction of sp³-hybridized carbons (Fsp3) is 0.0455. The maximum absolute atomic E-state index is 13.4. The Morgan fingerprint density at radius 2 is 1.60 bits per heavy atom. The summed E-state index contributed by atoms with van der Waals surface area (Å²) in [5, 5.41) is 7.41. The van der Waals surface area contributed by atoms with Gasteiger partial charge < -0.3 is 5.32 Å². The number of hydrogen-bond donors (Lipinski definition) is 1. The first kappa shape index (κ1) is 19.7. The molecule has 150 valence electrons. The van der Waals surface area contributed by atoms with Gasteiger partial charge in [-0.05, 0) is 67.1 Å². The van der Waals surface area contributed by atoms with E-state index in [0.717, 1.165) is 5.56 Å². The molecule has 0 spiro atoms. The fourth-order valence-electron chi connectivity index (χ4n) is 2.92. The molecule has 8 heteroatoms. The van der Waals surface area contributed by atoms with E-state index < -0.39 is 17.5 Å². The largest absolute Gasteiger partial charge is 0.318 e. The maximum atomic E-state index is 13.4. The summed E-state index contributed by atoms with van der Waals surface area (Å²) in [4.78, 5) is 17.2. The summed E-state index contributed by atoms with van der Waals surface area (Å²) < 4.78 is 28.1. The second kappa shape index (κ2) is 8.04. The number of nitrogens with zero attached hydrogens (tertiary/aromatic N) is 3. The van der Waals surface area contributed by atoms with Crippen molar-refractivity contribution in [2.45, 2.75) is 6.92 Å². The van der Waals surface area contributed by atoms with Gasteiger partial charge in [0.05, 0.1) is 16.4 Å². The molecule has 0 bridgehead atoms. The summed E-state index contributed by atoms with van der Waals surface area (Å²) in [5.74, 6) is -1.18. The number of aryl methyl sites for hydroxylation is 1. The van der Waals surface area contributed by atoms with Crippen molar-refractivity contribution in [2.75, 3.05) is 5.32 Å². The SMILES string of the molecule is Cc1cccc(Cl)c1NC(=O)c1nc(-c2ccc(F)cc2)n(-c2ccc(F)cc2)n1. The molecule has 0 radical (unpaired) electrons. The molecule has 0 saturated heterocycles. The molecular formula is C22H15ClF2N4O. The Morgan fingerprint density at radius 3 is 2.23 bits per heavy atom. The average Bonchev–Trinajstić information content (AvgIpc) is 3.17. The Hall–Kier alpha value is -3.58. The minimum absolute atomic E-state index is 0.113. The summed E-state index contributed by atoms with van der Waals surface area (Å²) in [6.07, 6.45) is 0. The van der Waals surface area contributed by atoms with Crippen LogP contribution in [0.15, 0.2) is 66.7 Å². The lowest BCUT2D eigenvalue weighted by Gasteiger charge is -2.08. The smallest absolute Gasteiger partial charge is 0.295 e. The molecule has 0 aliphatic carbocycles. The second-order valence-electron chi connectivity index (χ2n) is 6.54. The molecule has 0 aliphatic heterocycles. The van der Waals surface area contributed by atoms with Gasteiger partial charge in [0.1, 0.15) is 11.6 Å². The standard InChI is InChI=1S/C22H15ClF2N4O/c1-13-3-2-4-18(23)19(13)26-22(30)20-27-21(14-5-7-15(24)8-6-14)29(28-20)17-11-9-16(25)10-12-17/h2-12H,1H3,(H,26,30). The van der Waals surface area contributed by atoms with E-state index in [0.29, 0.717) is 27.8 Å². The first-order valence-electron chi connectivity index (χ1n) is 8.98. The number of rotatable bonds is 4. The second-order valence-corrected chi connectivity index (χ2v) is 6.95. The van der Waals surface area contributed by atoms with Gasteiger partial charge in [0.2, 0.25) is 5.82 Å². The van der Waals surface area contributed by atoms with E-state index in [9.17, 15) is 13.6 Å². The van der Waals surface area contributed by atoms with Crippen LogP contribution in [0.5, 0.6) is 0 Å². The van der Waals surface area contributed by atoms with Gasteiger partial charge in [-0.2, -0.15) is 0 Å². The molecule has 30 heavy (non-hydrogen) atoms. The third-order valence-corrected chi connectivity index (χ3v) is 4.76. The zero-order valence-corrected chi connectivity index (χ0v) is 16.5. The van der Waals surface area contributed by atoms with E-state index in [1.165, 1.54) is 53.2 Å². The molecule has 3 aromatic carbocycles. The molecule has 0 saturated carbocycles. The lowest BCUT2D eigenvalue weighted by atomic mass is 10.2. The highest BCUT2D eigenvalue weighted by Crippen LogP contribution is 2.26. The van der Waals surface area contributed by atoms with Crippen LogP contribution < -0.4 is 5.32 Å². The van der Waals surface area contributed by atoms with Crippen molar-refractivity contribution in [3.8, 4) is 17.1 Å². The molecule has 0 fully saturated rings. The normalized spacial score (nSPS) is 10.8. The van der Waals surface area contributed by atoms with Crippen LogP contribution in [0.3, 0.4) is 0 Å². The molecule has 1 N–H and O–H groups in total. The predicted octanol–water partition coefficient (Wildman–Crippen LogP) is 5.43. The highest BCUT2D eigenvalue weighted by molar-refractivity contribution is 6.34. The molecule has 0 aliphatic rings. The third-order valence-electron chi connectivity index (χ3n) is 4.44. The van der Waals surface area contributed by atoms with Gasteiger partial charge >= 0.3 is 0 Å². The topological polar surface area (TPSA) is 59.8 Å². The first-order valence-corrected chi connectivity index (χ1v) is 9.35. The van der Waals surface area contributed by atoms with E-state index >= 15 is 0 Å². The monoisotopic (exact) mass is 424 g/mol. The van der Waals surface area contributed by atoms with E-state index in [4.69, 9.17) is 11.6 Å². The molecule has 0 unspecified atom stereocenters. The van der Waals surface area contributed by atoms with Crippen molar-refractivity contribution < 1.29 is 13.6 Å². The lowest BCUT2D eigenvalue weighted by Crippen LogP contribution is -2.15. The van der Waals surface area contributed by atoms with Crippen LogP contribution in [0, 0.1) is 18.6 Å². The third kappa shape index (κ3) is 3.92. The zero-order chi connectivity index (χ0) is 21.3. The van der Waals surface area contributed by atoms with Crippen LogP contribution in [-0.2, 0) is 0 Å². The van der Waals surface area contributed by atoms with Gasteiger partial charge in [-0.25, -0.2) is 18.4 Å².